The zero-order chi connectivity index (χ0) is 24.0. The standard InChI is InChI=1S/C27H33NO5/c1-5-7-15-28-24(19-11-13-21(14-12-19)32-6-2)23(26(30)27(28)31)25(29)20-9-8-10-22(16-20)33-17-18(3)4/h8-14,16,18,24,29H,5-7,15,17H2,1-4H3/b25-23-. The number of aliphatic hydroxyl groups excluding tert-OH is 1. The van der Waals surface area contributed by atoms with Gasteiger partial charge in [-0.25, -0.2) is 0 Å². The molecule has 1 unspecified atom stereocenters. The van der Waals surface area contributed by atoms with Gasteiger partial charge in [-0.05, 0) is 49.1 Å². The highest BCUT2D eigenvalue weighted by molar-refractivity contribution is 6.46. The summed E-state index contributed by atoms with van der Waals surface area (Å²) in [5.41, 5.74) is 1.30. The lowest BCUT2D eigenvalue weighted by atomic mass is 9.95. The molecular weight excluding hydrogens is 418 g/mol. The van der Waals surface area contributed by atoms with E-state index in [1.54, 1.807) is 23.1 Å². The zero-order valence-electron chi connectivity index (χ0n) is 19.8. The molecule has 0 aromatic heterocycles. The lowest BCUT2D eigenvalue weighted by Gasteiger charge is -2.25. The minimum Gasteiger partial charge on any atom is -0.507 e. The monoisotopic (exact) mass is 451 g/mol. The highest BCUT2D eigenvalue weighted by Gasteiger charge is 2.45. The van der Waals surface area contributed by atoms with Gasteiger partial charge >= 0.3 is 0 Å². The smallest absolute Gasteiger partial charge is 0.295 e. The number of rotatable bonds is 10. The van der Waals surface area contributed by atoms with Crippen LogP contribution in [0.25, 0.3) is 5.76 Å². The number of hydrogen-bond acceptors (Lipinski definition) is 5. The summed E-state index contributed by atoms with van der Waals surface area (Å²) in [5.74, 6) is 0.214. The first-order valence-electron chi connectivity index (χ1n) is 11.6. The van der Waals surface area contributed by atoms with Crippen LogP contribution in [0.1, 0.15) is 57.7 Å². The average Bonchev–Trinajstić information content (AvgIpc) is 3.06. The first kappa shape index (κ1) is 24.4. The third-order valence-corrected chi connectivity index (χ3v) is 5.49. The van der Waals surface area contributed by atoms with Crippen molar-refractivity contribution in [3.8, 4) is 11.5 Å². The quantitative estimate of drug-likeness (QED) is 0.300. The molecule has 1 saturated heterocycles. The second-order valence-electron chi connectivity index (χ2n) is 8.58. The molecule has 0 aliphatic carbocycles. The number of carbonyl (C=O) groups is 2. The maximum absolute atomic E-state index is 13.1. The molecule has 176 valence electrons. The maximum atomic E-state index is 13.1. The van der Waals surface area contributed by atoms with Gasteiger partial charge in [-0.3, -0.25) is 9.59 Å². The SMILES string of the molecule is CCCCN1C(=O)C(=O)/C(=C(\O)c2cccc(OCC(C)C)c2)C1c1ccc(OCC)cc1. The molecule has 1 aliphatic heterocycles. The molecule has 0 saturated carbocycles. The summed E-state index contributed by atoms with van der Waals surface area (Å²) in [6, 6.07) is 13.7. The number of unbranched alkanes of at least 4 members (excludes halogenated alkanes) is 1. The van der Waals surface area contributed by atoms with Gasteiger partial charge in [0.2, 0.25) is 0 Å². The summed E-state index contributed by atoms with van der Waals surface area (Å²) >= 11 is 0. The van der Waals surface area contributed by atoms with Crippen molar-refractivity contribution in [1.82, 2.24) is 4.90 Å². The molecule has 3 rings (SSSR count). The van der Waals surface area contributed by atoms with Crippen LogP contribution in [-0.2, 0) is 9.59 Å². The minimum atomic E-state index is -0.670. The van der Waals surface area contributed by atoms with Crippen molar-refractivity contribution in [2.45, 2.75) is 46.6 Å². The van der Waals surface area contributed by atoms with Gasteiger partial charge in [0.05, 0.1) is 24.8 Å². The number of benzene rings is 2. The van der Waals surface area contributed by atoms with Crippen molar-refractivity contribution in [2.75, 3.05) is 19.8 Å². The Morgan fingerprint density at radius 3 is 2.39 bits per heavy atom. The van der Waals surface area contributed by atoms with E-state index in [1.165, 1.54) is 0 Å². The Morgan fingerprint density at radius 1 is 1.03 bits per heavy atom. The lowest BCUT2D eigenvalue weighted by molar-refractivity contribution is -0.139. The van der Waals surface area contributed by atoms with Crippen LogP contribution in [0.3, 0.4) is 0 Å². The molecule has 2 aromatic rings. The predicted octanol–water partition coefficient (Wildman–Crippen LogP) is 5.34. The molecule has 1 heterocycles. The predicted molar refractivity (Wildman–Crippen MR) is 128 cm³/mol. The molecule has 0 radical (unpaired) electrons. The highest BCUT2D eigenvalue weighted by atomic mass is 16.5. The molecule has 6 heteroatoms. The topological polar surface area (TPSA) is 76.1 Å². The second kappa shape index (κ2) is 11.0. The molecule has 2 aromatic carbocycles. The van der Waals surface area contributed by atoms with Gasteiger partial charge in [0.15, 0.2) is 0 Å². The van der Waals surface area contributed by atoms with E-state index >= 15 is 0 Å². The number of ketones is 1. The third kappa shape index (κ3) is 5.56. The van der Waals surface area contributed by atoms with Crippen molar-refractivity contribution in [2.24, 2.45) is 5.92 Å². The number of nitrogens with zero attached hydrogens (tertiary/aromatic N) is 1. The molecule has 1 amide bonds. The number of amides is 1. The van der Waals surface area contributed by atoms with Crippen LogP contribution in [0.15, 0.2) is 54.1 Å². The van der Waals surface area contributed by atoms with Crippen LogP contribution in [0, 0.1) is 5.92 Å². The Bertz CT molecular complexity index is 1010. The van der Waals surface area contributed by atoms with E-state index in [9.17, 15) is 14.7 Å². The highest BCUT2D eigenvalue weighted by Crippen LogP contribution is 2.40. The first-order valence-corrected chi connectivity index (χ1v) is 11.6. The number of carbonyl (C=O) groups excluding carboxylic acids is 2. The van der Waals surface area contributed by atoms with Gasteiger partial charge < -0.3 is 19.5 Å². The van der Waals surface area contributed by atoms with Crippen LogP contribution < -0.4 is 9.47 Å². The summed E-state index contributed by atoms with van der Waals surface area (Å²) in [7, 11) is 0. The maximum Gasteiger partial charge on any atom is 0.295 e. The fourth-order valence-electron chi connectivity index (χ4n) is 3.85. The number of aliphatic hydroxyl groups is 1. The van der Waals surface area contributed by atoms with Gasteiger partial charge in [-0.1, -0.05) is 51.5 Å². The van der Waals surface area contributed by atoms with Crippen molar-refractivity contribution in [3.05, 3.63) is 65.2 Å². The summed E-state index contributed by atoms with van der Waals surface area (Å²) in [6.45, 7) is 9.57. The van der Waals surface area contributed by atoms with Gasteiger partial charge in [-0.15, -0.1) is 0 Å². The Balaban J connectivity index is 2.06. The van der Waals surface area contributed by atoms with Gasteiger partial charge in [0, 0.05) is 12.1 Å². The molecule has 0 spiro atoms. The molecule has 1 atom stereocenters. The van der Waals surface area contributed by atoms with Gasteiger partial charge in [0.1, 0.15) is 17.3 Å². The number of ether oxygens (including phenoxy) is 2. The summed E-state index contributed by atoms with van der Waals surface area (Å²) in [5, 5.41) is 11.2. The Morgan fingerprint density at radius 2 is 1.76 bits per heavy atom. The van der Waals surface area contributed by atoms with Crippen LogP contribution >= 0.6 is 0 Å². The summed E-state index contributed by atoms with van der Waals surface area (Å²) < 4.78 is 11.3. The van der Waals surface area contributed by atoms with E-state index in [4.69, 9.17) is 9.47 Å². The Labute approximate surface area is 195 Å². The zero-order valence-corrected chi connectivity index (χ0v) is 19.8. The van der Waals surface area contributed by atoms with Crippen molar-refractivity contribution >= 4 is 17.4 Å². The molecule has 0 bridgehead atoms. The van der Waals surface area contributed by atoms with Gasteiger partial charge in [0.25, 0.3) is 11.7 Å². The lowest BCUT2D eigenvalue weighted by Crippen LogP contribution is -2.30. The Kier molecular flexibility index (Phi) is 8.15. The summed E-state index contributed by atoms with van der Waals surface area (Å²) in [4.78, 5) is 27.6. The van der Waals surface area contributed by atoms with Crippen LogP contribution in [0.2, 0.25) is 0 Å². The number of Topliss-reactive ketones (excluding diaryl/α,β-unsaturated/α-hetero) is 1. The molecule has 1 N–H and O–H groups in total. The second-order valence-corrected chi connectivity index (χ2v) is 8.58. The first-order chi connectivity index (χ1) is 15.9. The van der Waals surface area contributed by atoms with E-state index in [0.29, 0.717) is 42.7 Å². The fraction of sp³-hybridized carbons (Fsp3) is 0.407. The molecular formula is C27H33NO5. The Hall–Kier alpha value is -3.28. The largest absolute Gasteiger partial charge is 0.507 e. The van der Waals surface area contributed by atoms with Gasteiger partial charge in [-0.2, -0.15) is 0 Å². The van der Waals surface area contributed by atoms with Crippen LogP contribution in [-0.4, -0.2) is 41.5 Å². The van der Waals surface area contributed by atoms with E-state index in [1.807, 2.05) is 44.2 Å². The van der Waals surface area contributed by atoms with Crippen LogP contribution in [0.4, 0.5) is 0 Å². The third-order valence-electron chi connectivity index (χ3n) is 5.49. The van der Waals surface area contributed by atoms with E-state index in [2.05, 4.69) is 13.8 Å². The minimum absolute atomic E-state index is 0.0984. The normalized spacial score (nSPS) is 17.6. The number of likely N-dealkylation sites (tertiary alicyclic amines) is 1. The van der Waals surface area contributed by atoms with Crippen molar-refractivity contribution in [1.29, 1.82) is 0 Å². The van der Waals surface area contributed by atoms with Crippen molar-refractivity contribution < 1.29 is 24.2 Å². The fourth-order valence-corrected chi connectivity index (χ4v) is 3.85. The number of hydrogen-bond donors (Lipinski definition) is 1. The van der Waals surface area contributed by atoms with Crippen LogP contribution in [0.5, 0.6) is 11.5 Å². The van der Waals surface area contributed by atoms with E-state index in [0.717, 1.165) is 18.4 Å². The average molecular weight is 452 g/mol. The van der Waals surface area contributed by atoms with Crippen molar-refractivity contribution in [3.63, 3.8) is 0 Å². The van der Waals surface area contributed by atoms with E-state index < -0.39 is 17.7 Å². The molecule has 1 fully saturated rings. The molecule has 1 aliphatic rings. The molecule has 33 heavy (non-hydrogen) atoms. The summed E-state index contributed by atoms with van der Waals surface area (Å²) in [6.07, 6.45) is 1.65. The van der Waals surface area contributed by atoms with E-state index in [-0.39, 0.29) is 11.3 Å². The molecule has 6 nitrogen and oxygen atoms in total.